The molecular weight excluding hydrogens is 300 g/mol. The maximum absolute atomic E-state index is 5.78. The van der Waals surface area contributed by atoms with E-state index in [-0.39, 0.29) is 0 Å². The highest BCUT2D eigenvalue weighted by atomic mass is 79.9. The van der Waals surface area contributed by atoms with Crippen LogP contribution in [0.1, 0.15) is 29.2 Å². The summed E-state index contributed by atoms with van der Waals surface area (Å²) < 4.78 is 6.93. The lowest BCUT2D eigenvalue weighted by Crippen LogP contribution is -1.94. The lowest BCUT2D eigenvalue weighted by Gasteiger charge is -2.09. The summed E-state index contributed by atoms with van der Waals surface area (Å²) in [6.45, 7) is 3.00. The minimum Gasteiger partial charge on any atom is -0.493 e. The average molecular weight is 317 g/mol. The Morgan fingerprint density at radius 2 is 1.84 bits per heavy atom. The molecule has 0 spiro atoms. The molecule has 98 valence electrons. The Kier molecular flexibility index (Phi) is 3.61. The van der Waals surface area contributed by atoms with E-state index in [0.717, 1.165) is 36.1 Å². The number of hydrogen-bond acceptors (Lipinski definition) is 1. The monoisotopic (exact) mass is 316 g/mol. The fraction of sp³-hybridized carbons (Fsp3) is 0.294. The van der Waals surface area contributed by atoms with Crippen molar-refractivity contribution in [3.05, 3.63) is 63.1 Å². The van der Waals surface area contributed by atoms with Crippen molar-refractivity contribution < 1.29 is 4.74 Å². The number of halogens is 1. The molecule has 1 aliphatic rings. The van der Waals surface area contributed by atoms with Crippen molar-refractivity contribution in [3.8, 4) is 5.75 Å². The van der Waals surface area contributed by atoms with Gasteiger partial charge in [0.05, 0.1) is 6.61 Å². The van der Waals surface area contributed by atoms with Gasteiger partial charge < -0.3 is 4.74 Å². The molecule has 1 aliphatic heterocycles. The molecular formula is C17H17BrO. The number of hydrogen-bond donors (Lipinski definition) is 0. The lowest BCUT2D eigenvalue weighted by atomic mass is 10.00. The first-order valence-electron chi connectivity index (χ1n) is 6.78. The standard InChI is InChI=1S/C17H17BrO/c1-2-12-3-5-13(6-4-12)9-15-11-16(18)10-14-7-8-19-17(14)15/h3-6,10-11H,2,7-9H2,1H3. The highest BCUT2D eigenvalue weighted by molar-refractivity contribution is 9.10. The van der Waals surface area contributed by atoms with Gasteiger partial charge in [-0.2, -0.15) is 0 Å². The van der Waals surface area contributed by atoms with Crippen LogP contribution in [0.2, 0.25) is 0 Å². The van der Waals surface area contributed by atoms with Gasteiger partial charge in [0.25, 0.3) is 0 Å². The molecule has 0 radical (unpaired) electrons. The molecule has 19 heavy (non-hydrogen) atoms. The quantitative estimate of drug-likeness (QED) is 0.808. The van der Waals surface area contributed by atoms with Crippen molar-refractivity contribution in [3.63, 3.8) is 0 Å². The first-order chi connectivity index (χ1) is 9.26. The van der Waals surface area contributed by atoms with Gasteiger partial charge in [-0.15, -0.1) is 0 Å². The minimum atomic E-state index is 0.813. The zero-order valence-corrected chi connectivity index (χ0v) is 12.7. The molecule has 0 amide bonds. The van der Waals surface area contributed by atoms with Crippen LogP contribution in [0, 0.1) is 0 Å². The Labute approximate surface area is 122 Å². The van der Waals surface area contributed by atoms with Crippen molar-refractivity contribution in [1.29, 1.82) is 0 Å². The van der Waals surface area contributed by atoms with Crippen molar-refractivity contribution in [2.75, 3.05) is 6.61 Å². The van der Waals surface area contributed by atoms with Crippen LogP contribution in [0.25, 0.3) is 0 Å². The van der Waals surface area contributed by atoms with E-state index in [4.69, 9.17) is 4.74 Å². The van der Waals surface area contributed by atoms with Crippen LogP contribution in [-0.2, 0) is 19.3 Å². The van der Waals surface area contributed by atoms with E-state index in [1.807, 2.05) is 0 Å². The molecule has 0 bridgehead atoms. The predicted octanol–water partition coefficient (Wildman–Crippen LogP) is 4.54. The molecule has 0 unspecified atom stereocenters. The molecule has 0 N–H and O–H groups in total. The SMILES string of the molecule is CCc1ccc(Cc2cc(Br)cc3c2OCC3)cc1. The molecule has 0 saturated carbocycles. The second-order valence-corrected chi connectivity index (χ2v) is 5.91. The van der Waals surface area contributed by atoms with Gasteiger partial charge in [0.2, 0.25) is 0 Å². The Morgan fingerprint density at radius 3 is 2.58 bits per heavy atom. The van der Waals surface area contributed by atoms with Gasteiger partial charge in [0.15, 0.2) is 0 Å². The first kappa shape index (κ1) is 12.7. The zero-order chi connectivity index (χ0) is 13.2. The second kappa shape index (κ2) is 5.38. The van der Waals surface area contributed by atoms with E-state index in [2.05, 4.69) is 59.3 Å². The number of ether oxygens (including phenoxy) is 1. The summed E-state index contributed by atoms with van der Waals surface area (Å²) in [5.41, 5.74) is 5.34. The third-order valence-electron chi connectivity index (χ3n) is 3.65. The molecule has 0 aromatic heterocycles. The highest BCUT2D eigenvalue weighted by Gasteiger charge is 2.17. The fourth-order valence-electron chi connectivity index (χ4n) is 2.59. The van der Waals surface area contributed by atoms with E-state index in [9.17, 15) is 0 Å². The number of benzene rings is 2. The van der Waals surface area contributed by atoms with E-state index >= 15 is 0 Å². The van der Waals surface area contributed by atoms with Crippen LogP contribution < -0.4 is 4.74 Å². The van der Waals surface area contributed by atoms with Crippen LogP contribution in [0.4, 0.5) is 0 Å². The maximum atomic E-state index is 5.78. The largest absolute Gasteiger partial charge is 0.493 e. The Bertz CT molecular complexity index is 587. The van der Waals surface area contributed by atoms with Gasteiger partial charge in [-0.05, 0) is 40.8 Å². The van der Waals surface area contributed by atoms with Gasteiger partial charge in [0, 0.05) is 17.3 Å². The average Bonchev–Trinajstić information content (AvgIpc) is 2.88. The van der Waals surface area contributed by atoms with Crippen LogP contribution >= 0.6 is 15.9 Å². The predicted molar refractivity (Wildman–Crippen MR) is 82.0 cm³/mol. The van der Waals surface area contributed by atoms with Gasteiger partial charge >= 0.3 is 0 Å². The summed E-state index contributed by atoms with van der Waals surface area (Å²) in [7, 11) is 0. The minimum absolute atomic E-state index is 0.813. The lowest BCUT2D eigenvalue weighted by molar-refractivity contribution is 0.354. The van der Waals surface area contributed by atoms with Crippen molar-refractivity contribution >= 4 is 15.9 Å². The van der Waals surface area contributed by atoms with Crippen molar-refractivity contribution in [2.24, 2.45) is 0 Å². The number of fused-ring (bicyclic) bond motifs is 1. The topological polar surface area (TPSA) is 9.23 Å². The van der Waals surface area contributed by atoms with E-state index < -0.39 is 0 Å². The maximum Gasteiger partial charge on any atom is 0.126 e. The summed E-state index contributed by atoms with van der Waals surface area (Å²) in [4.78, 5) is 0. The van der Waals surface area contributed by atoms with Gasteiger partial charge in [-0.25, -0.2) is 0 Å². The molecule has 2 aromatic carbocycles. The zero-order valence-electron chi connectivity index (χ0n) is 11.1. The van der Waals surface area contributed by atoms with E-state index in [1.54, 1.807) is 0 Å². The smallest absolute Gasteiger partial charge is 0.126 e. The molecule has 2 heteroatoms. The highest BCUT2D eigenvalue weighted by Crippen LogP contribution is 2.34. The molecule has 0 aliphatic carbocycles. The first-order valence-corrected chi connectivity index (χ1v) is 7.57. The summed E-state index contributed by atoms with van der Waals surface area (Å²) in [6, 6.07) is 13.2. The summed E-state index contributed by atoms with van der Waals surface area (Å²) in [5, 5.41) is 0. The normalized spacial score (nSPS) is 13.2. The summed E-state index contributed by atoms with van der Waals surface area (Å²) in [6.07, 6.45) is 3.05. The Hall–Kier alpha value is -1.28. The van der Waals surface area contributed by atoms with Gasteiger partial charge in [-0.3, -0.25) is 0 Å². The summed E-state index contributed by atoms with van der Waals surface area (Å²) in [5.74, 6) is 1.10. The molecule has 1 nitrogen and oxygen atoms in total. The van der Waals surface area contributed by atoms with Crippen molar-refractivity contribution in [1.82, 2.24) is 0 Å². The second-order valence-electron chi connectivity index (χ2n) is 5.00. The third-order valence-corrected chi connectivity index (χ3v) is 4.11. The van der Waals surface area contributed by atoms with Crippen LogP contribution in [0.5, 0.6) is 5.75 Å². The van der Waals surface area contributed by atoms with Crippen LogP contribution in [0.15, 0.2) is 40.9 Å². The Morgan fingerprint density at radius 1 is 1.11 bits per heavy atom. The Balaban J connectivity index is 1.90. The van der Waals surface area contributed by atoms with Crippen molar-refractivity contribution in [2.45, 2.75) is 26.2 Å². The van der Waals surface area contributed by atoms with Gasteiger partial charge in [-0.1, -0.05) is 47.1 Å². The molecule has 2 aromatic rings. The molecule has 3 rings (SSSR count). The fourth-order valence-corrected chi connectivity index (χ4v) is 3.14. The number of rotatable bonds is 3. The summed E-state index contributed by atoms with van der Waals surface area (Å²) >= 11 is 3.60. The van der Waals surface area contributed by atoms with E-state index in [0.29, 0.717) is 0 Å². The van der Waals surface area contributed by atoms with E-state index in [1.165, 1.54) is 22.3 Å². The van der Waals surface area contributed by atoms with Crippen LogP contribution in [-0.4, -0.2) is 6.61 Å². The molecule has 0 atom stereocenters. The molecule has 1 heterocycles. The van der Waals surface area contributed by atoms with Crippen LogP contribution in [0.3, 0.4) is 0 Å². The molecule has 0 saturated heterocycles. The van der Waals surface area contributed by atoms with Gasteiger partial charge in [0.1, 0.15) is 5.75 Å². The molecule has 0 fully saturated rings. The number of aryl methyl sites for hydroxylation is 1. The third kappa shape index (κ3) is 2.69.